The van der Waals surface area contributed by atoms with Crippen molar-refractivity contribution in [2.75, 3.05) is 19.8 Å². The molecule has 4 N–H and O–H groups in total. The summed E-state index contributed by atoms with van der Waals surface area (Å²) >= 11 is 0. The molecule has 0 aliphatic rings. The second-order valence-corrected chi connectivity index (χ2v) is 2.51. The molecule has 0 bridgehead atoms. The number of rotatable bonds is 7. The monoisotopic (exact) mass is 196 g/mol. The standard InChI is InChI=1S/C6H16N2O5/c1-2-13-4-3-6(8(11)12)5-7(9)10/h6,9-12H,2-5H2,1H3. The van der Waals surface area contributed by atoms with Gasteiger partial charge in [-0.3, -0.25) is 20.8 Å². The van der Waals surface area contributed by atoms with E-state index in [1.54, 1.807) is 0 Å². The maximum atomic E-state index is 8.64. The number of nitrogens with zero attached hydrogens (tertiary/aromatic N) is 2. The van der Waals surface area contributed by atoms with Crippen molar-refractivity contribution in [2.24, 2.45) is 0 Å². The van der Waals surface area contributed by atoms with Crippen LogP contribution in [0.25, 0.3) is 0 Å². The molecule has 0 aliphatic heterocycles. The molecule has 13 heavy (non-hydrogen) atoms. The van der Waals surface area contributed by atoms with Crippen molar-refractivity contribution in [1.82, 2.24) is 10.5 Å². The third kappa shape index (κ3) is 6.84. The van der Waals surface area contributed by atoms with Crippen molar-refractivity contribution in [3.63, 3.8) is 0 Å². The van der Waals surface area contributed by atoms with E-state index in [1.807, 2.05) is 6.92 Å². The van der Waals surface area contributed by atoms with E-state index in [-0.39, 0.29) is 17.0 Å². The van der Waals surface area contributed by atoms with Gasteiger partial charge in [-0.05, 0) is 13.3 Å². The second-order valence-electron chi connectivity index (χ2n) is 2.51. The van der Waals surface area contributed by atoms with E-state index in [0.717, 1.165) is 0 Å². The molecular weight excluding hydrogens is 180 g/mol. The first-order valence-electron chi connectivity index (χ1n) is 3.98. The molecule has 0 saturated heterocycles. The molecule has 0 amide bonds. The molecule has 0 fully saturated rings. The van der Waals surface area contributed by atoms with Crippen LogP contribution in [-0.4, -0.2) is 57.1 Å². The molecular formula is C6H16N2O5. The Labute approximate surface area is 76.2 Å². The van der Waals surface area contributed by atoms with E-state index in [2.05, 4.69) is 0 Å². The van der Waals surface area contributed by atoms with Gasteiger partial charge in [0, 0.05) is 13.2 Å². The summed E-state index contributed by atoms with van der Waals surface area (Å²) in [5.74, 6) is 0. The van der Waals surface area contributed by atoms with Gasteiger partial charge in [0.05, 0.1) is 12.6 Å². The fraction of sp³-hybridized carbons (Fsp3) is 1.00. The summed E-state index contributed by atoms with van der Waals surface area (Å²) in [7, 11) is 0. The van der Waals surface area contributed by atoms with Gasteiger partial charge in [-0.25, -0.2) is 0 Å². The van der Waals surface area contributed by atoms with Gasteiger partial charge in [0.15, 0.2) is 0 Å². The molecule has 0 aliphatic carbocycles. The van der Waals surface area contributed by atoms with Crippen LogP contribution in [0.3, 0.4) is 0 Å². The summed E-state index contributed by atoms with van der Waals surface area (Å²) in [6, 6.07) is -0.790. The van der Waals surface area contributed by atoms with Crippen LogP contribution >= 0.6 is 0 Å². The molecule has 1 unspecified atom stereocenters. The summed E-state index contributed by atoms with van der Waals surface area (Å²) in [6.45, 7) is 2.38. The van der Waals surface area contributed by atoms with Gasteiger partial charge in [0.1, 0.15) is 0 Å². The molecule has 0 aromatic carbocycles. The van der Waals surface area contributed by atoms with E-state index in [1.165, 1.54) is 0 Å². The van der Waals surface area contributed by atoms with Crippen LogP contribution in [-0.2, 0) is 4.74 Å². The smallest absolute Gasteiger partial charge is 0.0820 e. The van der Waals surface area contributed by atoms with E-state index in [4.69, 9.17) is 25.6 Å². The molecule has 0 spiro atoms. The van der Waals surface area contributed by atoms with Crippen LogP contribution in [0.4, 0.5) is 0 Å². The highest BCUT2D eigenvalue weighted by molar-refractivity contribution is 4.60. The Morgan fingerprint density at radius 1 is 1.23 bits per heavy atom. The maximum Gasteiger partial charge on any atom is 0.0820 e. The Morgan fingerprint density at radius 2 is 1.85 bits per heavy atom. The minimum absolute atomic E-state index is 0.0571. The first-order valence-corrected chi connectivity index (χ1v) is 3.98. The van der Waals surface area contributed by atoms with Crippen LogP contribution in [0.5, 0.6) is 0 Å². The number of ether oxygens (including phenoxy) is 1. The van der Waals surface area contributed by atoms with E-state index in [0.29, 0.717) is 19.6 Å². The van der Waals surface area contributed by atoms with Gasteiger partial charge in [-0.15, -0.1) is 0 Å². The van der Waals surface area contributed by atoms with Crippen LogP contribution in [0.1, 0.15) is 13.3 Å². The summed E-state index contributed by atoms with van der Waals surface area (Å²) < 4.78 is 4.97. The molecule has 1 atom stereocenters. The minimum atomic E-state index is -0.790. The van der Waals surface area contributed by atoms with Crippen molar-refractivity contribution in [1.29, 1.82) is 0 Å². The molecule has 0 aromatic heterocycles. The van der Waals surface area contributed by atoms with Gasteiger partial charge in [-0.1, -0.05) is 10.5 Å². The van der Waals surface area contributed by atoms with Crippen molar-refractivity contribution in [3.8, 4) is 0 Å². The lowest BCUT2D eigenvalue weighted by Crippen LogP contribution is -2.39. The zero-order chi connectivity index (χ0) is 10.3. The Kier molecular flexibility index (Phi) is 7.00. The average Bonchev–Trinajstić information content (AvgIpc) is 2.02. The van der Waals surface area contributed by atoms with Gasteiger partial charge in [-0.2, -0.15) is 0 Å². The number of hydrogen-bond acceptors (Lipinski definition) is 7. The maximum absolute atomic E-state index is 8.64. The molecule has 0 rings (SSSR count). The molecule has 7 nitrogen and oxygen atoms in total. The predicted octanol–water partition coefficient (Wildman–Crippen LogP) is -0.0576. The first-order chi connectivity index (χ1) is 6.07. The molecule has 80 valence electrons. The second kappa shape index (κ2) is 7.15. The van der Waals surface area contributed by atoms with Crippen LogP contribution < -0.4 is 0 Å². The molecule has 0 aromatic rings. The van der Waals surface area contributed by atoms with Crippen LogP contribution in [0, 0.1) is 0 Å². The summed E-state index contributed by atoms with van der Waals surface area (Å²) in [5, 5.41) is 34.0. The molecule has 0 saturated carbocycles. The Morgan fingerprint density at radius 3 is 2.23 bits per heavy atom. The van der Waals surface area contributed by atoms with Gasteiger partial charge < -0.3 is 4.74 Å². The zero-order valence-electron chi connectivity index (χ0n) is 7.50. The lowest BCUT2D eigenvalue weighted by Gasteiger charge is -2.21. The molecule has 0 radical (unpaired) electrons. The Bertz CT molecular complexity index is 122. The van der Waals surface area contributed by atoms with E-state index < -0.39 is 6.04 Å². The van der Waals surface area contributed by atoms with Crippen molar-refractivity contribution >= 4 is 0 Å². The van der Waals surface area contributed by atoms with Crippen molar-refractivity contribution < 1.29 is 25.6 Å². The minimum Gasteiger partial charge on any atom is -0.382 e. The number of hydrogen-bond donors (Lipinski definition) is 4. The summed E-state index contributed by atoms with van der Waals surface area (Å²) in [4.78, 5) is 0. The molecule has 7 heteroatoms. The van der Waals surface area contributed by atoms with Gasteiger partial charge in [0.25, 0.3) is 0 Å². The third-order valence-electron chi connectivity index (χ3n) is 1.50. The van der Waals surface area contributed by atoms with Crippen molar-refractivity contribution in [3.05, 3.63) is 0 Å². The van der Waals surface area contributed by atoms with Gasteiger partial charge >= 0.3 is 0 Å². The SMILES string of the molecule is CCOCCC(CN(O)O)N(O)O. The third-order valence-corrected chi connectivity index (χ3v) is 1.50. The Balaban J connectivity index is 3.67. The molecule has 0 heterocycles. The highest BCUT2D eigenvalue weighted by Gasteiger charge is 2.17. The highest BCUT2D eigenvalue weighted by atomic mass is 16.8. The van der Waals surface area contributed by atoms with Crippen LogP contribution in [0.15, 0.2) is 0 Å². The topological polar surface area (TPSA) is 96.6 Å². The Hall–Kier alpha value is -0.280. The highest BCUT2D eigenvalue weighted by Crippen LogP contribution is 2.00. The fourth-order valence-corrected chi connectivity index (χ4v) is 0.832. The lowest BCUT2D eigenvalue weighted by atomic mass is 10.2. The van der Waals surface area contributed by atoms with Gasteiger partial charge in [0.2, 0.25) is 0 Å². The quantitative estimate of drug-likeness (QED) is 0.334. The fourth-order valence-electron chi connectivity index (χ4n) is 0.832. The predicted molar refractivity (Wildman–Crippen MR) is 40.6 cm³/mol. The number of hydroxylamine groups is 4. The van der Waals surface area contributed by atoms with Crippen molar-refractivity contribution in [2.45, 2.75) is 19.4 Å². The zero-order valence-corrected chi connectivity index (χ0v) is 7.50. The lowest BCUT2D eigenvalue weighted by molar-refractivity contribution is -0.368. The summed E-state index contributed by atoms with van der Waals surface area (Å²) in [6.07, 6.45) is 0.290. The van der Waals surface area contributed by atoms with E-state index >= 15 is 0 Å². The summed E-state index contributed by atoms with van der Waals surface area (Å²) in [5.41, 5.74) is 0. The normalized spacial score (nSPS) is 14.1. The largest absolute Gasteiger partial charge is 0.382 e. The first kappa shape index (κ1) is 12.7. The average molecular weight is 196 g/mol. The van der Waals surface area contributed by atoms with Crippen LogP contribution in [0.2, 0.25) is 0 Å². The van der Waals surface area contributed by atoms with E-state index in [9.17, 15) is 0 Å².